The summed E-state index contributed by atoms with van der Waals surface area (Å²) in [6.45, 7) is 0.0203. The molecule has 1 N–H and O–H groups in total. The Morgan fingerprint density at radius 2 is 1.95 bits per heavy atom. The molecule has 0 radical (unpaired) electrons. The van der Waals surface area contributed by atoms with Crippen molar-refractivity contribution in [3.63, 3.8) is 0 Å². The van der Waals surface area contributed by atoms with E-state index in [2.05, 4.69) is 21.2 Å². The molecule has 1 aliphatic rings. The Balaban J connectivity index is 1.94. The Bertz CT molecular complexity index is 723. The number of ether oxygens (including phenoxy) is 1. The van der Waals surface area contributed by atoms with Gasteiger partial charge in [-0.1, -0.05) is 39.7 Å². The maximum Gasteiger partial charge on any atom is 0.262 e. The number of carbonyl (C=O) groups is 1. The van der Waals surface area contributed by atoms with Crippen LogP contribution in [0.4, 0.5) is 10.1 Å². The summed E-state index contributed by atoms with van der Waals surface area (Å²) in [5, 5.41) is 2.83. The topological polar surface area (TPSA) is 38.3 Å². The van der Waals surface area contributed by atoms with Crippen molar-refractivity contribution in [1.29, 1.82) is 0 Å². The van der Waals surface area contributed by atoms with E-state index in [9.17, 15) is 9.18 Å². The molecule has 6 heteroatoms. The highest BCUT2D eigenvalue weighted by Gasteiger charge is 2.19. The molecule has 1 amide bonds. The number of nitrogens with one attached hydrogen (secondary N) is 1. The van der Waals surface area contributed by atoms with E-state index in [4.69, 9.17) is 16.3 Å². The van der Waals surface area contributed by atoms with Gasteiger partial charge in [-0.3, -0.25) is 4.79 Å². The fourth-order valence-electron chi connectivity index (χ4n) is 2.12. The van der Waals surface area contributed by atoms with Gasteiger partial charge in [0.1, 0.15) is 11.6 Å². The lowest BCUT2D eigenvalue weighted by Gasteiger charge is -2.20. The Morgan fingerprint density at radius 3 is 2.71 bits per heavy atom. The van der Waals surface area contributed by atoms with Gasteiger partial charge in [-0.15, -0.1) is 0 Å². The summed E-state index contributed by atoms with van der Waals surface area (Å²) in [6.07, 6.45) is 0. The fourth-order valence-corrected chi connectivity index (χ4v) is 2.81. The Morgan fingerprint density at radius 1 is 1.24 bits per heavy atom. The number of halogens is 3. The molecule has 0 saturated carbocycles. The molecule has 2 aromatic rings. The SMILES string of the molecule is O=C1COc2ccc(C(Br)c3ccc(Cl)c(F)c3)cc2N1. The van der Waals surface area contributed by atoms with Crippen LogP contribution in [0.1, 0.15) is 16.0 Å². The molecule has 0 fully saturated rings. The zero-order valence-electron chi connectivity index (χ0n) is 10.7. The summed E-state index contributed by atoms with van der Waals surface area (Å²) in [7, 11) is 0. The second kappa shape index (κ2) is 5.66. The molecule has 0 aliphatic carbocycles. The number of anilines is 1. The van der Waals surface area contributed by atoms with Gasteiger partial charge in [0.25, 0.3) is 5.91 Å². The molecule has 2 aromatic carbocycles. The number of alkyl halides is 1. The van der Waals surface area contributed by atoms with Crippen LogP contribution < -0.4 is 10.1 Å². The molecule has 1 heterocycles. The minimum Gasteiger partial charge on any atom is -0.482 e. The molecule has 3 nitrogen and oxygen atoms in total. The van der Waals surface area contributed by atoms with Crippen molar-refractivity contribution in [3.8, 4) is 5.75 Å². The van der Waals surface area contributed by atoms with Gasteiger partial charge in [0.05, 0.1) is 15.5 Å². The molecule has 108 valence electrons. The fraction of sp³-hybridized carbons (Fsp3) is 0.133. The average molecular weight is 371 g/mol. The molecule has 0 saturated heterocycles. The van der Waals surface area contributed by atoms with E-state index in [0.29, 0.717) is 11.4 Å². The van der Waals surface area contributed by atoms with E-state index in [-0.39, 0.29) is 22.4 Å². The number of rotatable bonds is 2. The van der Waals surface area contributed by atoms with Crippen molar-refractivity contribution < 1.29 is 13.9 Å². The lowest BCUT2D eigenvalue weighted by Crippen LogP contribution is -2.25. The van der Waals surface area contributed by atoms with Crippen LogP contribution in [-0.2, 0) is 4.79 Å². The molecule has 3 rings (SSSR count). The Labute approximate surface area is 134 Å². The molecule has 1 atom stereocenters. The van der Waals surface area contributed by atoms with Crippen LogP contribution in [0.25, 0.3) is 0 Å². The summed E-state index contributed by atoms with van der Waals surface area (Å²) < 4.78 is 18.9. The predicted molar refractivity (Wildman–Crippen MR) is 82.7 cm³/mol. The van der Waals surface area contributed by atoms with Gasteiger partial charge >= 0.3 is 0 Å². The molecule has 1 unspecified atom stereocenters. The molecule has 0 spiro atoms. The summed E-state index contributed by atoms with van der Waals surface area (Å²) in [4.78, 5) is 11.1. The summed E-state index contributed by atoms with van der Waals surface area (Å²) in [5.74, 6) is -0.0307. The third-order valence-corrected chi connectivity index (χ3v) is 4.53. The van der Waals surface area contributed by atoms with E-state index in [0.717, 1.165) is 11.1 Å². The lowest BCUT2D eigenvalue weighted by atomic mass is 10.0. The first kappa shape index (κ1) is 14.4. The van der Waals surface area contributed by atoms with Gasteiger partial charge in [-0.25, -0.2) is 4.39 Å². The zero-order chi connectivity index (χ0) is 15.0. The highest BCUT2D eigenvalue weighted by Crippen LogP contribution is 2.37. The first-order chi connectivity index (χ1) is 10.0. The Kier molecular flexibility index (Phi) is 3.87. The summed E-state index contributed by atoms with van der Waals surface area (Å²) in [6, 6.07) is 10.1. The number of carbonyl (C=O) groups excluding carboxylic acids is 1. The normalized spacial score (nSPS) is 14.9. The van der Waals surface area contributed by atoms with Crippen LogP contribution in [0.5, 0.6) is 5.75 Å². The largest absolute Gasteiger partial charge is 0.482 e. The molecule has 1 aliphatic heterocycles. The van der Waals surface area contributed by atoms with Crippen molar-refractivity contribution in [2.45, 2.75) is 4.83 Å². The van der Waals surface area contributed by atoms with Crippen molar-refractivity contribution >= 4 is 39.1 Å². The number of hydrogen-bond donors (Lipinski definition) is 1. The minimum absolute atomic E-state index is 0.0203. The van der Waals surface area contributed by atoms with Crippen molar-refractivity contribution in [2.24, 2.45) is 0 Å². The third kappa shape index (κ3) is 2.89. The van der Waals surface area contributed by atoms with E-state index < -0.39 is 5.82 Å². The summed E-state index contributed by atoms with van der Waals surface area (Å²) in [5.41, 5.74) is 2.23. The maximum atomic E-state index is 13.6. The van der Waals surface area contributed by atoms with E-state index in [1.54, 1.807) is 18.2 Å². The van der Waals surface area contributed by atoms with E-state index in [1.807, 2.05) is 6.07 Å². The highest BCUT2D eigenvalue weighted by atomic mass is 79.9. The average Bonchev–Trinajstić information content (AvgIpc) is 2.48. The lowest BCUT2D eigenvalue weighted by molar-refractivity contribution is -0.118. The molecule has 21 heavy (non-hydrogen) atoms. The van der Waals surface area contributed by atoms with Gasteiger partial charge in [0.15, 0.2) is 6.61 Å². The van der Waals surface area contributed by atoms with E-state index in [1.165, 1.54) is 12.1 Å². The predicted octanol–water partition coefficient (Wildman–Crippen LogP) is 4.29. The first-order valence-corrected chi connectivity index (χ1v) is 7.49. The quantitative estimate of drug-likeness (QED) is 0.801. The van der Waals surface area contributed by atoms with Crippen LogP contribution in [0.2, 0.25) is 5.02 Å². The highest BCUT2D eigenvalue weighted by molar-refractivity contribution is 9.09. The van der Waals surface area contributed by atoms with Crippen molar-refractivity contribution in [3.05, 3.63) is 58.4 Å². The number of amides is 1. The van der Waals surface area contributed by atoms with Crippen LogP contribution >= 0.6 is 27.5 Å². The van der Waals surface area contributed by atoms with Gasteiger partial charge in [0.2, 0.25) is 0 Å². The minimum atomic E-state index is -0.465. The second-order valence-electron chi connectivity index (χ2n) is 4.63. The van der Waals surface area contributed by atoms with Crippen LogP contribution in [0, 0.1) is 5.82 Å². The zero-order valence-corrected chi connectivity index (χ0v) is 13.0. The first-order valence-electron chi connectivity index (χ1n) is 6.20. The van der Waals surface area contributed by atoms with Crippen LogP contribution in [0.15, 0.2) is 36.4 Å². The number of hydrogen-bond acceptors (Lipinski definition) is 2. The molecular weight excluding hydrogens is 361 g/mol. The van der Waals surface area contributed by atoms with Crippen molar-refractivity contribution in [1.82, 2.24) is 0 Å². The monoisotopic (exact) mass is 369 g/mol. The summed E-state index contributed by atoms with van der Waals surface area (Å²) >= 11 is 9.22. The molecule has 0 aromatic heterocycles. The van der Waals surface area contributed by atoms with Gasteiger partial charge in [0, 0.05) is 0 Å². The standard InChI is InChI=1S/C15H10BrClFNO2/c16-15(8-1-3-10(17)11(18)5-8)9-2-4-13-12(6-9)19-14(20)7-21-13/h1-6,15H,7H2,(H,19,20). The van der Waals surface area contributed by atoms with Crippen LogP contribution in [0.3, 0.4) is 0 Å². The van der Waals surface area contributed by atoms with Crippen molar-refractivity contribution in [2.75, 3.05) is 11.9 Å². The Hall–Kier alpha value is -1.59. The smallest absolute Gasteiger partial charge is 0.262 e. The van der Waals surface area contributed by atoms with Crippen LogP contribution in [-0.4, -0.2) is 12.5 Å². The van der Waals surface area contributed by atoms with Gasteiger partial charge < -0.3 is 10.1 Å². The van der Waals surface area contributed by atoms with Gasteiger partial charge in [-0.2, -0.15) is 0 Å². The second-order valence-corrected chi connectivity index (χ2v) is 5.95. The molecule has 0 bridgehead atoms. The number of benzene rings is 2. The van der Waals surface area contributed by atoms with E-state index >= 15 is 0 Å². The molecular formula is C15H10BrClFNO2. The number of fused-ring (bicyclic) bond motifs is 1. The van der Waals surface area contributed by atoms with Gasteiger partial charge in [-0.05, 0) is 35.4 Å². The third-order valence-electron chi connectivity index (χ3n) is 3.17. The maximum absolute atomic E-state index is 13.6.